The molecule has 178 valence electrons. The molecule has 0 saturated carbocycles. The second-order valence-corrected chi connectivity index (χ2v) is 8.38. The molecule has 3 N–H and O–H groups in total. The van der Waals surface area contributed by atoms with Gasteiger partial charge in [-0.15, -0.1) is 0 Å². The third-order valence-electron chi connectivity index (χ3n) is 5.27. The number of nitrogens with one attached hydrogen (secondary N) is 3. The molecule has 0 aliphatic carbocycles. The first-order valence-electron chi connectivity index (χ1n) is 11.4. The molecule has 3 heterocycles. The van der Waals surface area contributed by atoms with Crippen molar-refractivity contribution in [2.24, 2.45) is 4.99 Å². The van der Waals surface area contributed by atoms with Crippen LogP contribution in [0.5, 0.6) is 0 Å². The number of guanidine groups is 1. The van der Waals surface area contributed by atoms with E-state index in [1.165, 1.54) is 0 Å². The average molecular weight is 465 g/mol. The summed E-state index contributed by atoms with van der Waals surface area (Å²) in [4.78, 5) is 18.4. The number of aliphatic imine (C=N–C) groups is 1. The molecule has 2 saturated heterocycles. The van der Waals surface area contributed by atoms with E-state index >= 15 is 0 Å². The van der Waals surface area contributed by atoms with Crippen molar-refractivity contribution in [1.82, 2.24) is 30.4 Å². The molecular weight excluding hydrogens is 428 g/mol. The van der Waals surface area contributed by atoms with Gasteiger partial charge in [0, 0.05) is 50.7 Å². The van der Waals surface area contributed by atoms with Crippen LogP contribution in [-0.2, 0) is 9.47 Å². The highest BCUT2D eigenvalue weighted by atomic mass is 32.1. The van der Waals surface area contributed by atoms with Gasteiger partial charge < -0.3 is 20.1 Å². The van der Waals surface area contributed by atoms with Crippen molar-refractivity contribution in [2.45, 2.75) is 20.3 Å². The number of nitrogens with zero attached hydrogens (tertiary/aromatic N) is 5. The van der Waals surface area contributed by atoms with Crippen molar-refractivity contribution < 1.29 is 9.47 Å². The van der Waals surface area contributed by atoms with Gasteiger partial charge in [-0.1, -0.05) is 0 Å². The van der Waals surface area contributed by atoms with Gasteiger partial charge in [0.1, 0.15) is 0 Å². The predicted molar refractivity (Wildman–Crippen MR) is 130 cm³/mol. The van der Waals surface area contributed by atoms with E-state index in [0.717, 1.165) is 90.0 Å². The van der Waals surface area contributed by atoms with Crippen LogP contribution in [0.3, 0.4) is 0 Å². The van der Waals surface area contributed by atoms with Gasteiger partial charge in [0.25, 0.3) is 0 Å². The van der Waals surface area contributed by atoms with Gasteiger partial charge in [-0.05, 0) is 45.1 Å². The molecule has 0 aromatic carbocycles. The van der Waals surface area contributed by atoms with Crippen LogP contribution < -0.4 is 16.0 Å². The number of hydrogen-bond donors (Lipinski definition) is 3. The zero-order chi connectivity index (χ0) is 22.6. The number of ether oxygens (including phenoxy) is 2. The number of rotatable bonds is 8. The molecule has 32 heavy (non-hydrogen) atoms. The quantitative estimate of drug-likeness (QED) is 0.217. The summed E-state index contributed by atoms with van der Waals surface area (Å²) in [5.74, 6) is 1.06. The highest BCUT2D eigenvalue weighted by Crippen LogP contribution is 2.04. The van der Waals surface area contributed by atoms with Crippen molar-refractivity contribution in [1.29, 1.82) is 0 Å². The van der Waals surface area contributed by atoms with Gasteiger partial charge in [-0.2, -0.15) is 0 Å². The summed E-state index contributed by atoms with van der Waals surface area (Å²) >= 11 is 5.50. The number of aromatic nitrogens is 2. The van der Waals surface area contributed by atoms with Crippen LogP contribution in [0, 0.1) is 13.8 Å². The van der Waals surface area contributed by atoms with Crippen LogP contribution in [0.15, 0.2) is 11.1 Å². The molecule has 10 nitrogen and oxygen atoms in total. The van der Waals surface area contributed by atoms with Crippen LogP contribution in [0.2, 0.25) is 0 Å². The van der Waals surface area contributed by atoms with Crippen LogP contribution >= 0.6 is 12.2 Å². The maximum atomic E-state index is 5.50. The molecule has 0 atom stereocenters. The lowest BCUT2D eigenvalue weighted by molar-refractivity contribution is 0.0376. The molecule has 2 aliphatic heterocycles. The van der Waals surface area contributed by atoms with Gasteiger partial charge in [0.05, 0.1) is 33.0 Å². The molecule has 0 radical (unpaired) electrons. The highest BCUT2D eigenvalue weighted by Gasteiger charge is 2.12. The van der Waals surface area contributed by atoms with Crippen molar-refractivity contribution in [2.75, 3.05) is 84.1 Å². The minimum absolute atomic E-state index is 0.509. The van der Waals surface area contributed by atoms with E-state index in [2.05, 4.69) is 35.7 Å². The van der Waals surface area contributed by atoms with Crippen LogP contribution in [0.1, 0.15) is 17.8 Å². The summed E-state index contributed by atoms with van der Waals surface area (Å²) in [6.07, 6.45) is 1.01. The van der Waals surface area contributed by atoms with E-state index in [1.807, 2.05) is 19.9 Å². The van der Waals surface area contributed by atoms with E-state index in [-0.39, 0.29) is 0 Å². The lowest BCUT2D eigenvalue weighted by Crippen LogP contribution is -2.44. The molecule has 1 aromatic rings. The molecule has 2 fully saturated rings. The second-order valence-electron chi connectivity index (χ2n) is 7.97. The molecule has 0 spiro atoms. The number of morpholine rings is 2. The van der Waals surface area contributed by atoms with E-state index in [0.29, 0.717) is 23.6 Å². The van der Waals surface area contributed by atoms with Gasteiger partial charge in [-0.25, -0.2) is 9.97 Å². The van der Waals surface area contributed by atoms with E-state index in [4.69, 9.17) is 26.7 Å². The SMILES string of the molecule is Cc1cc(C)nc(NC(=NCCN2CCOCC2)NC(=S)NCCCN2CCOCC2)n1. The number of hydrogen-bond acceptors (Lipinski definition) is 8. The van der Waals surface area contributed by atoms with Crippen molar-refractivity contribution >= 4 is 29.2 Å². The summed E-state index contributed by atoms with van der Waals surface area (Å²) in [6, 6.07) is 1.94. The van der Waals surface area contributed by atoms with Crippen LogP contribution in [-0.4, -0.2) is 110 Å². The molecule has 3 rings (SSSR count). The van der Waals surface area contributed by atoms with Crippen LogP contribution in [0.4, 0.5) is 5.95 Å². The van der Waals surface area contributed by atoms with Gasteiger partial charge >= 0.3 is 0 Å². The lowest BCUT2D eigenvalue weighted by atomic mass is 10.3. The minimum Gasteiger partial charge on any atom is -0.379 e. The second kappa shape index (κ2) is 13.6. The van der Waals surface area contributed by atoms with Crippen molar-refractivity contribution in [3.05, 3.63) is 17.5 Å². The summed E-state index contributed by atoms with van der Waals surface area (Å²) in [6.45, 7) is 14.3. The van der Waals surface area contributed by atoms with E-state index < -0.39 is 0 Å². The lowest BCUT2D eigenvalue weighted by Gasteiger charge is -2.26. The normalized spacial score (nSPS) is 18.4. The topological polar surface area (TPSA) is 99.2 Å². The Morgan fingerprint density at radius 3 is 2.22 bits per heavy atom. The molecule has 1 aromatic heterocycles. The smallest absolute Gasteiger partial charge is 0.229 e. The zero-order valence-corrected chi connectivity index (χ0v) is 20.0. The third kappa shape index (κ3) is 9.29. The Balaban J connectivity index is 1.49. The van der Waals surface area contributed by atoms with E-state index in [1.54, 1.807) is 0 Å². The molecule has 11 heteroatoms. The Morgan fingerprint density at radius 2 is 1.59 bits per heavy atom. The van der Waals surface area contributed by atoms with Gasteiger partial charge in [0.2, 0.25) is 11.9 Å². The van der Waals surface area contributed by atoms with Crippen LogP contribution in [0.25, 0.3) is 0 Å². The first kappa shape index (κ1) is 24.7. The number of anilines is 1. The Labute approximate surface area is 196 Å². The summed E-state index contributed by atoms with van der Waals surface area (Å²) in [7, 11) is 0. The molecule has 2 aliphatic rings. The van der Waals surface area contributed by atoms with Gasteiger partial charge in [0.15, 0.2) is 5.11 Å². The number of aryl methyl sites for hydroxylation is 2. The predicted octanol–water partition coefficient (Wildman–Crippen LogP) is 0.380. The third-order valence-corrected chi connectivity index (χ3v) is 5.52. The first-order valence-corrected chi connectivity index (χ1v) is 11.8. The Kier molecular flexibility index (Phi) is 10.5. The Hall–Kier alpha value is -1.92. The highest BCUT2D eigenvalue weighted by molar-refractivity contribution is 7.80. The standard InChI is InChI=1S/C21H36N8O2S/c1-17-16-18(2)25-20(24-17)26-19(22-5-7-29-10-14-31-15-11-29)27-21(32)23-4-3-6-28-8-12-30-13-9-28/h16H,3-15H2,1-2H3,(H3,22,23,24,25,26,27,32). The summed E-state index contributed by atoms with van der Waals surface area (Å²) < 4.78 is 10.8. The maximum Gasteiger partial charge on any atom is 0.229 e. The monoisotopic (exact) mass is 464 g/mol. The zero-order valence-electron chi connectivity index (χ0n) is 19.2. The fourth-order valence-electron chi connectivity index (χ4n) is 3.61. The van der Waals surface area contributed by atoms with Gasteiger partial charge in [-0.3, -0.25) is 20.1 Å². The van der Waals surface area contributed by atoms with Crippen molar-refractivity contribution in [3.63, 3.8) is 0 Å². The van der Waals surface area contributed by atoms with Crippen molar-refractivity contribution in [3.8, 4) is 0 Å². The number of thiocarbonyl (C=S) groups is 1. The molecule has 0 unspecified atom stereocenters. The Bertz CT molecular complexity index is 731. The van der Waals surface area contributed by atoms with E-state index in [9.17, 15) is 0 Å². The summed E-state index contributed by atoms with van der Waals surface area (Å²) in [5.41, 5.74) is 1.80. The molecule has 0 bridgehead atoms. The average Bonchev–Trinajstić information content (AvgIpc) is 2.77. The largest absolute Gasteiger partial charge is 0.379 e. The molecule has 0 amide bonds. The summed E-state index contributed by atoms with van der Waals surface area (Å²) in [5, 5.41) is 10.2. The fraction of sp³-hybridized carbons (Fsp3) is 0.714. The maximum absolute atomic E-state index is 5.50. The minimum atomic E-state index is 0.509. The molecular formula is C21H36N8O2S. The Morgan fingerprint density at radius 1 is 1.00 bits per heavy atom. The fourth-order valence-corrected chi connectivity index (χ4v) is 3.81. The first-order chi connectivity index (χ1) is 15.6.